The fourth-order valence-corrected chi connectivity index (χ4v) is 4.26. The average Bonchev–Trinajstić information content (AvgIpc) is 3.04. The second-order valence-electron chi connectivity index (χ2n) is 6.47. The first kappa shape index (κ1) is 13.4. The first-order valence-corrected chi connectivity index (χ1v) is 7.86. The highest BCUT2D eigenvalue weighted by Crippen LogP contribution is 2.37. The summed E-state index contributed by atoms with van der Waals surface area (Å²) < 4.78 is 5.66. The number of amides is 1. The van der Waals surface area contributed by atoms with Crippen molar-refractivity contribution in [2.75, 3.05) is 19.7 Å². The fraction of sp³-hybridized carbons (Fsp3) is 0.933. The van der Waals surface area contributed by atoms with Crippen molar-refractivity contribution in [3.05, 3.63) is 0 Å². The van der Waals surface area contributed by atoms with Gasteiger partial charge in [0.15, 0.2) is 0 Å². The summed E-state index contributed by atoms with van der Waals surface area (Å²) in [6.45, 7) is 4.67. The number of nitrogens with two attached hydrogens (primary N) is 1. The molecular formula is C15H26N2O2. The highest BCUT2D eigenvalue weighted by atomic mass is 16.5. The van der Waals surface area contributed by atoms with Crippen molar-refractivity contribution in [2.24, 2.45) is 23.5 Å². The van der Waals surface area contributed by atoms with E-state index in [-0.39, 0.29) is 12.0 Å². The molecule has 5 unspecified atom stereocenters. The Bertz CT molecular complexity index is 347. The molecule has 1 amide bonds. The lowest BCUT2D eigenvalue weighted by Crippen LogP contribution is -2.40. The Morgan fingerprint density at radius 1 is 1.32 bits per heavy atom. The predicted molar refractivity (Wildman–Crippen MR) is 73.5 cm³/mol. The van der Waals surface area contributed by atoms with Gasteiger partial charge in [-0.3, -0.25) is 4.79 Å². The van der Waals surface area contributed by atoms with Crippen LogP contribution >= 0.6 is 0 Å². The van der Waals surface area contributed by atoms with E-state index in [9.17, 15) is 4.79 Å². The first-order valence-electron chi connectivity index (χ1n) is 7.86. The third kappa shape index (κ3) is 2.40. The Hall–Kier alpha value is -0.610. The molecule has 2 N–H and O–H groups in total. The summed E-state index contributed by atoms with van der Waals surface area (Å²) in [5, 5.41) is 0. The Labute approximate surface area is 115 Å². The van der Waals surface area contributed by atoms with Crippen LogP contribution < -0.4 is 5.73 Å². The largest absolute Gasteiger partial charge is 0.377 e. The highest BCUT2D eigenvalue weighted by Gasteiger charge is 2.43. The molecule has 2 heterocycles. The van der Waals surface area contributed by atoms with Gasteiger partial charge in [-0.2, -0.15) is 0 Å². The van der Waals surface area contributed by atoms with Gasteiger partial charge in [0.1, 0.15) is 0 Å². The van der Waals surface area contributed by atoms with E-state index in [1.54, 1.807) is 0 Å². The van der Waals surface area contributed by atoms with Gasteiger partial charge >= 0.3 is 0 Å². The first-order chi connectivity index (χ1) is 9.20. The van der Waals surface area contributed by atoms with E-state index in [1.165, 1.54) is 12.8 Å². The van der Waals surface area contributed by atoms with Crippen LogP contribution in [0.5, 0.6) is 0 Å². The molecule has 0 bridgehead atoms. The average molecular weight is 266 g/mol. The highest BCUT2D eigenvalue weighted by molar-refractivity contribution is 5.80. The quantitative estimate of drug-likeness (QED) is 0.821. The van der Waals surface area contributed by atoms with Gasteiger partial charge in [-0.1, -0.05) is 13.3 Å². The van der Waals surface area contributed by atoms with E-state index < -0.39 is 0 Å². The molecule has 0 aromatic carbocycles. The van der Waals surface area contributed by atoms with Gasteiger partial charge in [-0.25, -0.2) is 0 Å². The van der Waals surface area contributed by atoms with Crippen molar-refractivity contribution >= 4 is 5.91 Å². The lowest BCUT2D eigenvalue weighted by molar-refractivity contribution is -0.136. The SMILES string of the molecule is CCC1OCCC1C(=O)N1CC2CCCC(N)C2C1. The maximum absolute atomic E-state index is 12.7. The van der Waals surface area contributed by atoms with Gasteiger partial charge < -0.3 is 15.4 Å². The molecule has 0 spiro atoms. The standard InChI is InChI=1S/C15H26N2O2/c1-2-14-11(6-7-19-14)15(18)17-8-10-4-3-5-13(16)12(10)9-17/h10-14H,2-9,16H2,1H3. The van der Waals surface area contributed by atoms with Crippen LogP contribution in [-0.2, 0) is 9.53 Å². The molecule has 0 aromatic rings. The van der Waals surface area contributed by atoms with Crippen molar-refractivity contribution in [1.29, 1.82) is 0 Å². The topological polar surface area (TPSA) is 55.6 Å². The third-order valence-electron chi connectivity index (χ3n) is 5.39. The number of fused-ring (bicyclic) bond motifs is 1. The molecule has 1 saturated carbocycles. The van der Waals surface area contributed by atoms with Crippen LogP contribution in [0.15, 0.2) is 0 Å². The van der Waals surface area contributed by atoms with E-state index in [0.29, 0.717) is 23.8 Å². The molecule has 1 aliphatic carbocycles. The Balaban J connectivity index is 1.65. The molecule has 4 nitrogen and oxygen atoms in total. The lowest BCUT2D eigenvalue weighted by atomic mass is 9.78. The van der Waals surface area contributed by atoms with Crippen LogP contribution in [-0.4, -0.2) is 42.6 Å². The number of ether oxygens (including phenoxy) is 1. The molecule has 3 aliphatic rings. The van der Waals surface area contributed by atoms with Gasteiger partial charge in [0.25, 0.3) is 0 Å². The van der Waals surface area contributed by atoms with Crippen molar-refractivity contribution in [1.82, 2.24) is 4.90 Å². The van der Waals surface area contributed by atoms with E-state index in [0.717, 1.165) is 39.0 Å². The molecule has 2 aliphatic heterocycles. The van der Waals surface area contributed by atoms with Gasteiger partial charge in [-0.15, -0.1) is 0 Å². The fourth-order valence-electron chi connectivity index (χ4n) is 4.26. The van der Waals surface area contributed by atoms with Gasteiger partial charge in [-0.05, 0) is 37.5 Å². The number of likely N-dealkylation sites (tertiary alicyclic amines) is 1. The molecule has 0 radical (unpaired) electrons. The van der Waals surface area contributed by atoms with E-state index in [1.807, 2.05) is 0 Å². The third-order valence-corrected chi connectivity index (χ3v) is 5.39. The number of carbonyl (C=O) groups excluding carboxylic acids is 1. The smallest absolute Gasteiger partial charge is 0.228 e. The molecule has 19 heavy (non-hydrogen) atoms. The zero-order valence-corrected chi connectivity index (χ0v) is 11.9. The van der Waals surface area contributed by atoms with E-state index >= 15 is 0 Å². The van der Waals surface area contributed by atoms with Crippen LogP contribution in [0.25, 0.3) is 0 Å². The van der Waals surface area contributed by atoms with E-state index in [2.05, 4.69) is 11.8 Å². The summed E-state index contributed by atoms with van der Waals surface area (Å²) in [5.41, 5.74) is 6.23. The number of hydrogen-bond donors (Lipinski definition) is 1. The minimum atomic E-state index is 0.0985. The maximum Gasteiger partial charge on any atom is 0.228 e. The minimum Gasteiger partial charge on any atom is -0.377 e. The summed E-state index contributed by atoms with van der Waals surface area (Å²) in [6, 6.07) is 0.304. The predicted octanol–water partition coefficient (Wildman–Crippen LogP) is 1.39. The van der Waals surface area contributed by atoms with Crippen molar-refractivity contribution in [2.45, 2.75) is 51.2 Å². The normalized spacial score (nSPS) is 42.4. The molecule has 3 rings (SSSR count). The second-order valence-corrected chi connectivity index (χ2v) is 6.47. The van der Waals surface area contributed by atoms with Crippen molar-refractivity contribution in [3.8, 4) is 0 Å². The molecule has 4 heteroatoms. The Morgan fingerprint density at radius 3 is 2.89 bits per heavy atom. The van der Waals surface area contributed by atoms with Crippen LogP contribution in [0, 0.1) is 17.8 Å². The summed E-state index contributed by atoms with van der Waals surface area (Å²) in [4.78, 5) is 14.8. The summed E-state index contributed by atoms with van der Waals surface area (Å²) in [7, 11) is 0. The maximum atomic E-state index is 12.7. The molecule has 0 aromatic heterocycles. The number of rotatable bonds is 2. The zero-order chi connectivity index (χ0) is 13.4. The molecule has 108 valence electrons. The molecule has 3 fully saturated rings. The van der Waals surface area contributed by atoms with Gasteiger partial charge in [0.2, 0.25) is 5.91 Å². The lowest BCUT2D eigenvalue weighted by Gasteiger charge is -2.29. The van der Waals surface area contributed by atoms with Crippen molar-refractivity contribution < 1.29 is 9.53 Å². The monoisotopic (exact) mass is 266 g/mol. The van der Waals surface area contributed by atoms with Gasteiger partial charge in [0, 0.05) is 25.7 Å². The number of carbonyl (C=O) groups is 1. The molecular weight excluding hydrogens is 240 g/mol. The summed E-state index contributed by atoms with van der Waals surface area (Å²) >= 11 is 0. The van der Waals surface area contributed by atoms with Crippen LogP contribution in [0.3, 0.4) is 0 Å². The minimum absolute atomic E-state index is 0.0985. The zero-order valence-electron chi connectivity index (χ0n) is 11.9. The number of nitrogens with zero attached hydrogens (tertiary/aromatic N) is 1. The van der Waals surface area contributed by atoms with Gasteiger partial charge in [0.05, 0.1) is 12.0 Å². The number of hydrogen-bond acceptors (Lipinski definition) is 3. The Kier molecular flexibility index (Phi) is 3.81. The molecule has 5 atom stereocenters. The van der Waals surface area contributed by atoms with Crippen LogP contribution in [0.1, 0.15) is 39.0 Å². The second kappa shape index (κ2) is 5.41. The summed E-state index contributed by atoms with van der Waals surface area (Å²) in [5.74, 6) is 1.61. The van der Waals surface area contributed by atoms with E-state index in [4.69, 9.17) is 10.5 Å². The summed E-state index contributed by atoms with van der Waals surface area (Å²) in [6.07, 6.45) is 5.59. The molecule has 2 saturated heterocycles. The Morgan fingerprint density at radius 2 is 2.16 bits per heavy atom. The van der Waals surface area contributed by atoms with Crippen LogP contribution in [0.4, 0.5) is 0 Å². The van der Waals surface area contributed by atoms with Crippen LogP contribution in [0.2, 0.25) is 0 Å². The van der Waals surface area contributed by atoms with Crippen molar-refractivity contribution in [3.63, 3.8) is 0 Å².